The summed E-state index contributed by atoms with van der Waals surface area (Å²) in [5, 5.41) is 12.2. The van der Waals surface area contributed by atoms with E-state index in [4.69, 9.17) is 11.0 Å². The van der Waals surface area contributed by atoms with Crippen molar-refractivity contribution in [3.05, 3.63) is 23.8 Å². The molecule has 1 aromatic rings. The number of anilines is 2. The summed E-state index contributed by atoms with van der Waals surface area (Å²) in [5.41, 5.74) is 7.88. The van der Waals surface area contributed by atoms with Crippen LogP contribution in [-0.4, -0.2) is 17.5 Å². The quantitative estimate of drug-likeness (QED) is 0.770. The minimum atomic E-state index is 0.533. The molecule has 0 aliphatic carbocycles. The molecule has 1 saturated heterocycles. The first-order chi connectivity index (χ1) is 7.79. The predicted octanol–water partition coefficient (Wildman–Crippen LogP) is 2.45. The first kappa shape index (κ1) is 11.2. The van der Waals surface area contributed by atoms with E-state index in [0.717, 1.165) is 11.4 Å². The third-order valence-electron chi connectivity index (χ3n) is 2.70. The Hall–Kier alpha value is -1.34. The van der Waals surface area contributed by atoms with Gasteiger partial charge in [-0.05, 0) is 36.8 Å². The maximum Gasteiger partial charge on any atom is 0.101 e. The molecule has 1 aromatic carbocycles. The Balaban J connectivity index is 2.04. The maximum atomic E-state index is 8.78. The number of hydrogen-bond acceptors (Lipinski definition) is 4. The second-order valence-electron chi connectivity index (χ2n) is 3.97. The van der Waals surface area contributed by atoms with Crippen LogP contribution in [0.5, 0.6) is 0 Å². The Kier molecular flexibility index (Phi) is 3.58. The fourth-order valence-electron chi connectivity index (χ4n) is 1.84. The Morgan fingerprint density at radius 1 is 1.50 bits per heavy atom. The third kappa shape index (κ3) is 2.61. The standard InChI is InChI=1S/C12H15N3S/c13-7-9-3-4-10(6-12(9)14)15-11-2-1-5-16-8-11/h3-4,6,11,15H,1-2,5,8,14H2. The molecule has 0 amide bonds. The van der Waals surface area contributed by atoms with Gasteiger partial charge in [-0.15, -0.1) is 0 Å². The summed E-state index contributed by atoms with van der Waals surface area (Å²) in [7, 11) is 0. The smallest absolute Gasteiger partial charge is 0.101 e. The molecule has 1 unspecified atom stereocenters. The highest BCUT2D eigenvalue weighted by Crippen LogP contribution is 2.23. The van der Waals surface area contributed by atoms with Crippen molar-refractivity contribution in [2.75, 3.05) is 22.6 Å². The Morgan fingerprint density at radius 2 is 2.38 bits per heavy atom. The van der Waals surface area contributed by atoms with Gasteiger partial charge in [0.25, 0.3) is 0 Å². The number of rotatable bonds is 2. The molecule has 1 aliphatic rings. The second-order valence-corrected chi connectivity index (χ2v) is 5.12. The highest BCUT2D eigenvalue weighted by Gasteiger charge is 2.13. The summed E-state index contributed by atoms with van der Waals surface area (Å²) in [4.78, 5) is 0. The normalized spacial score (nSPS) is 20.1. The largest absolute Gasteiger partial charge is 0.398 e. The molecule has 0 aromatic heterocycles. The minimum absolute atomic E-state index is 0.533. The molecule has 2 rings (SSSR count). The van der Waals surface area contributed by atoms with Crippen LogP contribution in [0.3, 0.4) is 0 Å². The summed E-state index contributed by atoms with van der Waals surface area (Å²) in [5.74, 6) is 2.42. The second kappa shape index (κ2) is 5.13. The van der Waals surface area contributed by atoms with E-state index < -0.39 is 0 Å². The summed E-state index contributed by atoms with van der Waals surface area (Å²) < 4.78 is 0. The van der Waals surface area contributed by atoms with Crippen LogP contribution in [0.25, 0.3) is 0 Å². The van der Waals surface area contributed by atoms with Gasteiger partial charge in [0.2, 0.25) is 0 Å². The van der Waals surface area contributed by atoms with Gasteiger partial charge in [0.1, 0.15) is 6.07 Å². The van der Waals surface area contributed by atoms with E-state index in [9.17, 15) is 0 Å². The van der Waals surface area contributed by atoms with Crippen molar-refractivity contribution in [1.82, 2.24) is 0 Å². The number of nitrogen functional groups attached to an aromatic ring is 1. The van der Waals surface area contributed by atoms with Crippen molar-refractivity contribution >= 4 is 23.1 Å². The van der Waals surface area contributed by atoms with Crippen LogP contribution in [-0.2, 0) is 0 Å². The van der Waals surface area contributed by atoms with Crippen LogP contribution in [0.15, 0.2) is 18.2 Å². The monoisotopic (exact) mass is 233 g/mol. The molecule has 3 N–H and O–H groups in total. The SMILES string of the molecule is N#Cc1ccc(NC2CCCSC2)cc1N. The molecule has 1 heterocycles. The molecule has 0 spiro atoms. The lowest BCUT2D eigenvalue weighted by Crippen LogP contribution is -2.25. The number of nitrogens with zero attached hydrogens (tertiary/aromatic N) is 1. The average molecular weight is 233 g/mol. The van der Waals surface area contributed by atoms with Crippen LogP contribution < -0.4 is 11.1 Å². The van der Waals surface area contributed by atoms with E-state index in [1.165, 1.54) is 18.6 Å². The Bertz CT molecular complexity index is 405. The number of thioether (sulfide) groups is 1. The first-order valence-corrected chi connectivity index (χ1v) is 6.59. The maximum absolute atomic E-state index is 8.78. The van der Waals surface area contributed by atoms with Crippen molar-refractivity contribution < 1.29 is 0 Å². The molecule has 0 saturated carbocycles. The van der Waals surface area contributed by atoms with Gasteiger partial charge in [0.15, 0.2) is 0 Å². The van der Waals surface area contributed by atoms with E-state index in [0.29, 0.717) is 17.3 Å². The van der Waals surface area contributed by atoms with E-state index in [1.807, 2.05) is 23.9 Å². The fraction of sp³-hybridized carbons (Fsp3) is 0.417. The zero-order valence-electron chi connectivity index (χ0n) is 9.07. The van der Waals surface area contributed by atoms with Crippen molar-refractivity contribution in [3.8, 4) is 6.07 Å². The molecule has 0 bridgehead atoms. The molecular formula is C12H15N3S. The summed E-state index contributed by atoms with van der Waals surface area (Å²) in [6.07, 6.45) is 2.49. The van der Waals surface area contributed by atoms with Gasteiger partial charge in [0, 0.05) is 17.5 Å². The number of benzene rings is 1. The number of nitrogens with one attached hydrogen (secondary N) is 1. The lowest BCUT2D eigenvalue weighted by molar-refractivity contribution is 0.685. The van der Waals surface area contributed by atoms with E-state index in [-0.39, 0.29) is 0 Å². The number of nitriles is 1. The summed E-state index contributed by atoms with van der Waals surface area (Å²) in [6.45, 7) is 0. The van der Waals surface area contributed by atoms with Gasteiger partial charge in [-0.3, -0.25) is 0 Å². The zero-order valence-corrected chi connectivity index (χ0v) is 9.89. The molecule has 1 atom stereocenters. The van der Waals surface area contributed by atoms with Crippen LogP contribution in [0.2, 0.25) is 0 Å². The highest BCUT2D eigenvalue weighted by atomic mass is 32.2. The predicted molar refractivity (Wildman–Crippen MR) is 69.5 cm³/mol. The van der Waals surface area contributed by atoms with E-state index in [2.05, 4.69) is 11.4 Å². The van der Waals surface area contributed by atoms with Gasteiger partial charge in [-0.25, -0.2) is 0 Å². The van der Waals surface area contributed by atoms with Crippen LogP contribution >= 0.6 is 11.8 Å². The van der Waals surface area contributed by atoms with E-state index in [1.54, 1.807) is 6.07 Å². The molecule has 1 fully saturated rings. The van der Waals surface area contributed by atoms with Gasteiger partial charge in [-0.2, -0.15) is 17.0 Å². The van der Waals surface area contributed by atoms with Crippen LogP contribution in [0, 0.1) is 11.3 Å². The minimum Gasteiger partial charge on any atom is -0.398 e. The lowest BCUT2D eigenvalue weighted by Gasteiger charge is -2.23. The molecule has 84 valence electrons. The van der Waals surface area contributed by atoms with E-state index >= 15 is 0 Å². The van der Waals surface area contributed by atoms with Crippen molar-refractivity contribution in [2.24, 2.45) is 0 Å². The molecular weight excluding hydrogens is 218 g/mol. The first-order valence-electron chi connectivity index (χ1n) is 5.43. The average Bonchev–Trinajstić information content (AvgIpc) is 2.31. The van der Waals surface area contributed by atoms with Gasteiger partial charge >= 0.3 is 0 Å². The molecule has 16 heavy (non-hydrogen) atoms. The van der Waals surface area contributed by atoms with Gasteiger partial charge in [0.05, 0.1) is 11.3 Å². The topological polar surface area (TPSA) is 61.8 Å². The summed E-state index contributed by atoms with van der Waals surface area (Å²) in [6, 6.07) is 8.14. The highest BCUT2D eigenvalue weighted by molar-refractivity contribution is 7.99. The molecule has 1 aliphatic heterocycles. The lowest BCUT2D eigenvalue weighted by atomic mass is 10.1. The van der Waals surface area contributed by atoms with Crippen molar-refractivity contribution in [2.45, 2.75) is 18.9 Å². The summed E-state index contributed by atoms with van der Waals surface area (Å²) >= 11 is 1.99. The Labute approximate surface area is 100 Å². The van der Waals surface area contributed by atoms with Crippen LogP contribution in [0.1, 0.15) is 18.4 Å². The number of hydrogen-bond donors (Lipinski definition) is 2. The Morgan fingerprint density at radius 3 is 3.00 bits per heavy atom. The van der Waals surface area contributed by atoms with Gasteiger partial charge < -0.3 is 11.1 Å². The molecule has 4 heteroatoms. The van der Waals surface area contributed by atoms with Crippen LogP contribution in [0.4, 0.5) is 11.4 Å². The molecule has 0 radical (unpaired) electrons. The fourth-order valence-corrected chi connectivity index (χ4v) is 2.92. The van der Waals surface area contributed by atoms with Crippen molar-refractivity contribution in [1.29, 1.82) is 5.26 Å². The molecule has 3 nitrogen and oxygen atoms in total. The zero-order chi connectivity index (χ0) is 11.4. The third-order valence-corrected chi connectivity index (χ3v) is 3.92. The van der Waals surface area contributed by atoms with Crippen molar-refractivity contribution in [3.63, 3.8) is 0 Å². The van der Waals surface area contributed by atoms with Gasteiger partial charge in [-0.1, -0.05) is 0 Å². The number of nitrogens with two attached hydrogens (primary N) is 1.